The topological polar surface area (TPSA) is 79.8 Å². The van der Waals surface area contributed by atoms with Gasteiger partial charge in [-0.25, -0.2) is 5.43 Å². The molecule has 0 aliphatic rings. The molecular formula is C21H19N3O3. The number of carbonyl (C=O) groups excluding carboxylic acids is 2. The summed E-state index contributed by atoms with van der Waals surface area (Å²) in [5.41, 5.74) is 3.89. The maximum atomic E-state index is 12.0. The molecule has 0 aliphatic heterocycles. The average molecular weight is 361 g/mol. The predicted molar refractivity (Wildman–Crippen MR) is 106 cm³/mol. The van der Waals surface area contributed by atoms with Gasteiger partial charge in [-0.3, -0.25) is 9.59 Å². The van der Waals surface area contributed by atoms with Crippen LogP contribution < -0.4 is 15.5 Å². The minimum Gasteiger partial charge on any atom is -0.426 e. The molecule has 0 spiro atoms. The van der Waals surface area contributed by atoms with Crippen LogP contribution in [0.15, 0.2) is 71.8 Å². The first-order chi connectivity index (χ1) is 13.1. The molecule has 1 amide bonds. The number of rotatable bonds is 6. The summed E-state index contributed by atoms with van der Waals surface area (Å²) < 4.78 is 5.09. The third kappa shape index (κ3) is 5.15. The van der Waals surface area contributed by atoms with Crippen LogP contribution in [0, 0.1) is 0 Å². The molecule has 3 aromatic carbocycles. The number of fused-ring (bicyclic) bond motifs is 1. The molecule has 3 rings (SSSR count). The number of esters is 1. The number of benzene rings is 3. The Morgan fingerprint density at radius 3 is 2.56 bits per heavy atom. The maximum Gasteiger partial charge on any atom is 0.308 e. The molecule has 0 aromatic heterocycles. The molecule has 0 aliphatic carbocycles. The summed E-state index contributed by atoms with van der Waals surface area (Å²) >= 11 is 0. The van der Waals surface area contributed by atoms with Gasteiger partial charge in [0.2, 0.25) is 0 Å². The number of hydrogen-bond donors (Lipinski definition) is 2. The standard InChI is InChI=1S/C21H19N3O3/c1-15(25)27-20-9-5-4-8-18(20)13-23-24-21(26)14-22-19-11-10-16-6-2-3-7-17(16)12-19/h2-13,22H,14H2,1H3,(H,24,26). The van der Waals surface area contributed by atoms with E-state index in [0.29, 0.717) is 11.3 Å². The quantitative estimate of drug-likeness (QED) is 0.305. The van der Waals surface area contributed by atoms with Crippen molar-refractivity contribution in [1.82, 2.24) is 5.43 Å². The van der Waals surface area contributed by atoms with Crippen LogP contribution in [0.4, 0.5) is 5.69 Å². The van der Waals surface area contributed by atoms with E-state index in [9.17, 15) is 9.59 Å². The zero-order valence-electron chi connectivity index (χ0n) is 14.8. The number of nitrogens with zero attached hydrogens (tertiary/aromatic N) is 1. The first kappa shape index (κ1) is 18.1. The van der Waals surface area contributed by atoms with Crippen LogP contribution in [-0.4, -0.2) is 24.6 Å². The molecule has 0 bridgehead atoms. The molecule has 0 radical (unpaired) electrons. The summed E-state index contributed by atoms with van der Waals surface area (Å²) in [5, 5.41) is 9.23. The van der Waals surface area contributed by atoms with Crippen LogP contribution in [0.5, 0.6) is 5.75 Å². The van der Waals surface area contributed by atoms with Crippen molar-refractivity contribution in [3.8, 4) is 5.75 Å². The van der Waals surface area contributed by atoms with Crippen LogP contribution in [0.1, 0.15) is 12.5 Å². The smallest absolute Gasteiger partial charge is 0.308 e. The molecule has 6 nitrogen and oxygen atoms in total. The maximum absolute atomic E-state index is 12.0. The third-order valence-electron chi connectivity index (χ3n) is 3.77. The van der Waals surface area contributed by atoms with E-state index in [2.05, 4.69) is 15.8 Å². The van der Waals surface area contributed by atoms with Crippen molar-refractivity contribution in [2.24, 2.45) is 5.10 Å². The minimum absolute atomic E-state index is 0.0846. The van der Waals surface area contributed by atoms with Gasteiger partial charge in [-0.1, -0.05) is 42.5 Å². The molecule has 0 saturated carbocycles. The van der Waals surface area contributed by atoms with Crippen molar-refractivity contribution in [1.29, 1.82) is 0 Å². The lowest BCUT2D eigenvalue weighted by molar-refractivity contribution is -0.131. The molecule has 6 heteroatoms. The second kappa shape index (κ2) is 8.62. The summed E-state index contributed by atoms with van der Waals surface area (Å²) in [6.07, 6.45) is 1.44. The van der Waals surface area contributed by atoms with Crippen LogP contribution in [-0.2, 0) is 9.59 Å². The molecule has 0 heterocycles. The minimum atomic E-state index is -0.417. The zero-order chi connectivity index (χ0) is 19.1. The highest BCUT2D eigenvalue weighted by molar-refractivity contribution is 5.88. The van der Waals surface area contributed by atoms with Gasteiger partial charge in [0.25, 0.3) is 5.91 Å². The van der Waals surface area contributed by atoms with Crippen molar-refractivity contribution < 1.29 is 14.3 Å². The third-order valence-corrected chi connectivity index (χ3v) is 3.77. The van der Waals surface area contributed by atoms with Crippen molar-refractivity contribution >= 4 is 34.6 Å². The average Bonchev–Trinajstić information content (AvgIpc) is 2.67. The fourth-order valence-corrected chi connectivity index (χ4v) is 2.53. The van der Waals surface area contributed by atoms with Crippen molar-refractivity contribution in [2.45, 2.75) is 6.92 Å². The van der Waals surface area contributed by atoms with E-state index in [0.717, 1.165) is 16.5 Å². The van der Waals surface area contributed by atoms with Crippen molar-refractivity contribution in [3.05, 3.63) is 72.3 Å². The van der Waals surface area contributed by atoms with E-state index in [1.54, 1.807) is 24.3 Å². The number of para-hydroxylation sites is 1. The van der Waals surface area contributed by atoms with Gasteiger partial charge in [0, 0.05) is 18.2 Å². The Morgan fingerprint density at radius 1 is 1.00 bits per heavy atom. The molecule has 2 N–H and O–H groups in total. The van der Waals surface area contributed by atoms with Gasteiger partial charge < -0.3 is 10.1 Å². The Labute approximate surface area is 156 Å². The molecule has 0 atom stereocenters. The van der Waals surface area contributed by atoms with Crippen molar-refractivity contribution in [3.63, 3.8) is 0 Å². The summed E-state index contributed by atoms with van der Waals surface area (Å²) in [5.74, 6) is -0.318. The van der Waals surface area contributed by atoms with Crippen molar-refractivity contribution in [2.75, 3.05) is 11.9 Å². The van der Waals surface area contributed by atoms with E-state index in [-0.39, 0.29) is 12.5 Å². The molecule has 0 saturated heterocycles. The van der Waals surface area contributed by atoms with Crippen LogP contribution in [0.2, 0.25) is 0 Å². The Hall–Kier alpha value is -3.67. The summed E-state index contributed by atoms with van der Waals surface area (Å²) in [7, 11) is 0. The number of amides is 1. The fourth-order valence-electron chi connectivity index (χ4n) is 2.53. The van der Waals surface area contributed by atoms with E-state index in [1.165, 1.54) is 13.1 Å². The Kier molecular flexibility index (Phi) is 5.79. The normalized spacial score (nSPS) is 10.7. The number of hydrogen-bond acceptors (Lipinski definition) is 5. The van der Waals surface area contributed by atoms with Gasteiger partial charge in [-0.2, -0.15) is 5.10 Å². The van der Waals surface area contributed by atoms with E-state index >= 15 is 0 Å². The van der Waals surface area contributed by atoms with E-state index in [1.807, 2.05) is 42.5 Å². The van der Waals surface area contributed by atoms with E-state index in [4.69, 9.17) is 4.74 Å². The lowest BCUT2D eigenvalue weighted by Crippen LogP contribution is -2.25. The van der Waals surface area contributed by atoms with Gasteiger partial charge in [-0.15, -0.1) is 0 Å². The first-order valence-corrected chi connectivity index (χ1v) is 8.44. The predicted octanol–water partition coefficient (Wildman–Crippen LogP) is 3.33. The molecule has 136 valence electrons. The Bertz CT molecular complexity index is 999. The first-order valence-electron chi connectivity index (χ1n) is 8.44. The lowest BCUT2D eigenvalue weighted by atomic mass is 10.1. The second-order valence-corrected chi connectivity index (χ2v) is 5.84. The summed E-state index contributed by atoms with van der Waals surface area (Å²) in [6, 6.07) is 20.9. The number of ether oxygens (including phenoxy) is 1. The second-order valence-electron chi connectivity index (χ2n) is 5.84. The van der Waals surface area contributed by atoms with Gasteiger partial charge >= 0.3 is 5.97 Å². The van der Waals surface area contributed by atoms with Gasteiger partial charge in [-0.05, 0) is 35.0 Å². The highest BCUT2D eigenvalue weighted by atomic mass is 16.5. The Morgan fingerprint density at radius 2 is 1.74 bits per heavy atom. The van der Waals surface area contributed by atoms with Gasteiger partial charge in [0.1, 0.15) is 5.75 Å². The monoisotopic (exact) mass is 361 g/mol. The fraction of sp³-hybridized carbons (Fsp3) is 0.0952. The summed E-state index contributed by atoms with van der Waals surface area (Å²) in [4.78, 5) is 23.1. The number of hydrazone groups is 1. The molecule has 0 fully saturated rings. The number of nitrogens with one attached hydrogen (secondary N) is 2. The molecular weight excluding hydrogens is 342 g/mol. The van der Waals surface area contributed by atoms with Crippen LogP contribution in [0.3, 0.4) is 0 Å². The van der Waals surface area contributed by atoms with Crippen LogP contribution >= 0.6 is 0 Å². The largest absolute Gasteiger partial charge is 0.426 e. The SMILES string of the molecule is CC(=O)Oc1ccccc1C=NNC(=O)CNc1ccc2ccccc2c1. The van der Waals surface area contributed by atoms with Gasteiger partial charge in [0.05, 0.1) is 12.8 Å². The molecule has 3 aromatic rings. The highest BCUT2D eigenvalue weighted by Crippen LogP contribution is 2.18. The van der Waals surface area contributed by atoms with Gasteiger partial charge in [0.15, 0.2) is 0 Å². The highest BCUT2D eigenvalue weighted by Gasteiger charge is 2.04. The van der Waals surface area contributed by atoms with Crippen LogP contribution in [0.25, 0.3) is 10.8 Å². The lowest BCUT2D eigenvalue weighted by Gasteiger charge is -2.07. The molecule has 27 heavy (non-hydrogen) atoms. The zero-order valence-corrected chi connectivity index (χ0v) is 14.8. The summed E-state index contributed by atoms with van der Waals surface area (Å²) in [6.45, 7) is 1.41. The Balaban J connectivity index is 1.55. The number of anilines is 1. The molecule has 0 unspecified atom stereocenters. The number of carbonyl (C=O) groups is 2. The van der Waals surface area contributed by atoms with E-state index < -0.39 is 5.97 Å².